The first-order chi connectivity index (χ1) is 10.9. The predicted molar refractivity (Wildman–Crippen MR) is 84.6 cm³/mol. The van der Waals surface area contributed by atoms with E-state index in [2.05, 4.69) is 4.72 Å². The molecule has 0 bridgehead atoms. The van der Waals surface area contributed by atoms with Gasteiger partial charge in [0.05, 0.1) is 22.8 Å². The number of nitrogens with one attached hydrogen (secondary N) is 1. The normalized spacial score (nSPS) is 13.3. The molecule has 0 saturated heterocycles. The highest BCUT2D eigenvalue weighted by Gasteiger charge is 2.21. The number of hydrogen-bond acceptors (Lipinski definition) is 4. The Bertz CT molecular complexity index is 889. The number of fused-ring (bicyclic) bond motifs is 1. The van der Waals surface area contributed by atoms with Gasteiger partial charge in [0.1, 0.15) is 5.75 Å². The summed E-state index contributed by atoms with van der Waals surface area (Å²) in [6, 6.07) is 9.15. The molecule has 2 aromatic carbocycles. The topological polar surface area (TPSA) is 92.7 Å². The minimum atomic E-state index is -3.87. The molecule has 2 aromatic rings. The molecule has 120 valence electrons. The highest BCUT2D eigenvalue weighted by molar-refractivity contribution is 7.92. The van der Waals surface area contributed by atoms with Crippen molar-refractivity contribution in [2.45, 2.75) is 18.2 Å². The van der Waals surface area contributed by atoms with Gasteiger partial charge in [0.15, 0.2) is 0 Å². The molecule has 0 unspecified atom stereocenters. The number of carboxylic acids is 1. The van der Waals surface area contributed by atoms with Crippen LogP contribution in [0.5, 0.6) is 5.75 Å². The number of aryl methyl sites for hydroxylation is 1. The zero-order chi connectivity index (χ0) is 16.6. The van der Waals surface area contributed by atoms with Gasteiger partial charge in [0.2, 0.25) is 0 Å². The summed E-state index contributed by atoms with van der Waals surface area (Å²) in [5.41, 5.74) is 1.52. The molecule has 23 heavy (non-hydrogen) atoms. The minimum absolute atomic E-state index is 0.0415. The molecule has 0 fully saturated rings. The number of rotatable bonds is 4. The number of benzene rings is 2. The van der Waals surface area contributed by atoms with Crippen molar-refractivity contribution >= 4 is 21.7 Å². The molecule has 0 radical (unpaired) electrons. The summed E-state index contributed by atoms with van der Waals surface area (Å²) < 4.78 is 32.7. The molecule has 3 rings (SSSR count). The Balaban J connectivity index is 1.97. The second kappa shape index (κ2) is 5.58. The number of aromatic carboxylic acids is 1. The van der Waals surface area contributed by atoms with Crippen LogP contribution in [0, 0.1) is 6.92 Å². The number of hydrogen-bond donors (Lipinski definition) is 2. The fourth-order valence-electron chi connectivity index (χ4n) is 2.46. The van der Waals surface area contributed by atoms with Gasteiger partial charge in [-0.25, -0.2) is 13.2 Å². The molecule has 7 heteroatoms. The smallest absolute Gasteiger partial charge is 0.337 e. The molecular weight excluding hydrogens is 318 g/mol. The van der Waals surface area contributed by atoms with Crippen molar-refractivity contribution in [2.24, 2.45) is 0 Å². The lowest BCUT2D eigenvalue weighted by molar-refractivity contribution is 0.0698. The largest absolute Gasteiger partial charge is 0.493 e. The molecule has 0 aromatic heterocycles. The highest BCUT2D eigenvalue weighted by atomic mass is 32.2. The van der Waals surface area contributed by atoms with Crippen molar-refractivity contribution in [3.63, 3.8) is 0 Å². The maximum absolute atomic E-state index is 12.5. The fourth-order valence-corrected chi connectivity index (χ4v) is 3.59. The number of carboxylic acid groups (broad SMARTS) is 1. The second-order valence-electron chi connectivity index (χ2n) is 5.33. The average molecular weight is 333 g/mol. The van der Waals surface area contributed by atoms with Crippen molar-refractivity contribution in [3.05, 3.63) is 53.1 Å². The minimum Gasteiger partial charge on any atom is -0.493 e. The summed E-state index contributed by atoms with van der Waals surface area (Å²) >= 11 is 0. The van der Waals surface area contributed by atoms with Crippen molar-refractivity contribution < 1.29 is 23.1 Å². The lowest BCUT2D eigenvalue weighted by Gasteiger charge is -2.12. The zero-order valence-electron chi connectivity index (χ0n) is 12.4. The molecule has 1 aliphatic rings. The summed E-state index contributed by atoms with van der Waals surface area (Å²) in [6.07, 6.45) is 0.656. The Kier molecular flexibility index (Phi) is 3.73. The maximum atomic E-state index is 12.5. The lowest BCUT2D eigenvalue weighted by atomic mass is 10.1. The van der Waals surface area contributed by atoms with Gasteiger partial charge in [-0.15, -0.1) is 0 Å². The van der Waals surface area contributed by atoms with Crippen molar-refractivity contribution in [1.82, 2.24) is 0 Å². The van der Waals surface area contributed by atoms with Crippen LogP contribution in [0.3, 0.4) is 0 Å². The van der Waals surface area contributed by atoms with Crippen LogP contribution in [0.1, 0.15) is 21.5 Å². The third kappa shape index (κ3) is 3.00. The van der Waals surface area contributed by atoms with Crippen LogP contribution >= 0.6 is 0 Å². The molecule has 0 saturated carbocycles. The third-order valence-corrected chi connectivity index (χ3v) is 4.98. The standard InChI is InChI=1S/C16H15NO5S/c1-10-2-4-14(13(8-10)16(18)19)17-23(20,21)12-3-5-15-11(9-12)6-7-22-15/h2-5,8-9,17H,6-7H2,1H3,(H,18,19). The molecule has 1 aliphatic heterocycles. The van der Waals surface area contributed by atoms with Gasteiger partial charge in [-0.05, 0) is 42.8 Å². The molecule has 6 nitrogen and oxygen atoms in total. The van der Waals surface area contributed by atoms with E-state index in [0.717, 1.165) is 11.1 Å². The van der Waals surface area contributed by atoms with E-state index in [1.165, 1.54) is 18.2 Å². The second-order valence-corrected chi connectivity index (χ2v) is 7.01. The Morgan fingerprint density at radius 3 is 2.74 bits per heavy atom. The Labute approximate surface area is 133 Å². The Morgan fingerprint density at radius 2 is 2.00 bits per heavy atom. The number of anilines is 1. The van der Waals surface area contributed by atoms with Crippen LogP contribution in [-0.2, 0) is 16.4 Å². The molecular formula is C16H15NO5S. The molecule has 0 amide bonds. The maximum Gasteiger partial charge on any atom is 0.337 e. The van der Waals surface area contributed by atoms with Crippen molar-refractivity contribution in [2.75, 3.05) is 11.3 Å². The predicted octanol–water partition coefficient (Wildman–Crippen LogP) is 2.43. The number of sulfonamides is 1. The zero-order valence-corrected chi connectivity index (χ0v) is 13.2. The molecule has 2 N–H and O–H groups in total. The van der Waals surface area contributed by atoms with Crippen LogP contribution in [-0.4, -0.2) is 26.1 Å². The van der Waals surface area contributed by atoms with E-state index in [1.807, 2.05) is 0 Å². The van der Waals surface area contributed by atoms with Gasteiger partial charge < -0.3 is 9.84 Å². The Hall–Kier alpha value is -2.54. The van der Waals surface area contributed by atoms with Crippen LogP contribution in [0.15, 0.2) is 41.3 Å². The van der Waals surface area contributed by atoms with E-state index < -0.39 is 16.0 Å². The van der Waals surface area contributed by atoms with Gasteiger partial charge in [-0.2, -0.15) is 0 Å². The first-order valence-corrected chi connectivity index (χ1v) is 8.47. The van der Waals surface area contributed by atoms with Gasteiger partial charge >= 0.3 is 5.97 Å². The average Bonchev–Trinajstić information content (AvgIpc) is 2.96. The molecule has 1 heterocycles. The van der Waals surface area contributed by atoms with Crippen LogP contribution in [0.25, 0.3) is 0 Å². The van der Waals surface area contributed by atoms with E-state index >= 15 is 0 Å². The van der Waals surface area contributed by atoms with Gasteiger partial charge in [-0.1, -0.05) is 11.6 Å². The summed E-state index contributed by atoms with van der Waals surface area (Å²) in [4.78, 5) is 11.4. The highest BCUT2D eigenvalue weighted by Crippen LogP contribution is 2.29. The number of carbonyl (C=O) groups is 1. The molecule has 0 aliphatic carbocycles. The fraction of sp³-hybridized carbons (Fsp3) is 0.188. The van der Waals surface area contributed by atoms with Gasteiger partial charge in [0.25, 0.3) is 10.0 Å². The monoisotopic (exact) mass is 333 g/mol. The molecule has 0 spiro atoms. The summed E-state index contributed by atoms with van der Waals surface area (Å²) in [6.45, 7) is 2.28. The van der Waals surface area contributed by atoms with E-state index in [-0.39, 0.29) is 16.1 Å². The van der Waals surface area contributed by atoms with Crippen LogP contribution < -0.4 is 9.46 Å². The number of ether oxygens (including phenoxy) is 1. The summed E-state index contributed by atoms with van der Waals surface area (Å²) in [5, 5.41) is 9.23. The van der Waals surface area contributed by atoms with Crippen LogP contribution in [0.2, 0.25) is 0 Å². The SMILES string of the molecule is Cc1ccc(NS(=O)(=O)c2ccc3c(c2)CCO3)c(C(=O)O)c1. The summed E-state index contributed by atoms with van der Waals surface area (Å²) in [5.74, 6) is -0.501. The molecule has 0 atom stereocenters. The lowest BCUT2D eigenvalue weighted by Crippen LogP contribution is -2.16. The van der Waals surface area contributed by atoms with Gasteiger partial charge in [0, 0.05) is 6.42 Å². The van der Waals surface area contributed by atoms with Gasteiger partial charge in [-0.3, -0.25) is 4.72 Å². The van der Waals surface area contributed by atoms with E-state index in [9.17, 15) is 18.3 Å². The van der Waals surface area contributed by atoms with Crippen molar-refractivity contribution in [1.29, 1.82) is 0 Å². The Morgan fingerprint density at radius 1 is 1.22 bits per heavy atom. The first-order valence-electron chi connectivity index (χ1n) is 6.99. The third-order valence-electron chi connectivity index (χ3n) is 3.62. The van der Waals surface area contributed by atoms with E-state index in [0.29, 0.717) is 18.8 Å². The van der Waals surface area contributed by atoms with Crippen molar-refractivity contribution in [3.8, 4) is 5.75 Å². The van der Waals surface area contributed by atoms with E-state index in [1.54, 1.807) is 25.1 Å². The first kappa shape index (κ1) is 15.4. The van der Waals surface area contributed by atoms with E-state index in [4.69, 9.17) is 4.74 Å². The quantitative estimate of drug-likeness (QED) is 0.896. The summed E-state index contributed by atoms with van der Waals surface area (Å²) in [7, 11) is -3.87. The van der Waals surface area contributed by atoms with Crippen LogP contribution in [0.4, 0.5) is 5.69 Å².